The molecule has 3 aromatic carbocycles. The number of piperidine rings is 1. The summed E-state index contributed by atoms with van der Waals surface area (Å²) in [6.45, 7) is 3.93. The molecule has 0 atom stereocenters. The Labute approximate surface area is 242 Å². The third-order valence-corrected chi connectivity index (χ3v) is 7.74. The van der Waals surface area contributed by atoms with Crippen molar-refractivity contribution in [3.8, 4) is 0 Å². The highest BCUT2D eigenvalue weighted by Crippen LogP contribution is 2.34. The summed E-state index contributed by atoms with van der Waals surface area (Å²) in [4.78, 5) is 15.0. The van der Waals surface area contributed by atoms with E-state index in [0.717, 1.165) is 52.2 Å². The van der Waals surface area contributed by atoms with Crippen LogP contribution in [0.4, 0.5) is 17.1 Å². The van der Waals surface area contributed by atoms with E-state index in [0.29, 0.717) is 28.9 Å². The van der Waals surface area contributed by atoms with Crippen molar-refractivity contribution in [1.29, 1.82) is 0 Å². The van der Waals surface area contributed by atoms with E-state index >= 15 is 0 Å². The number of ether oxygens (including phenoxy) is 2. The molecule has 0 spiro atoms. The number of nitrogens with one attached hydrogen (secondary N) is 1. The molecule has 1 fully saturated rings. The van der Waals surface area contributed by atoms with E-state index in [1.165, 1.54) is 19.3 Å². The fourth-order valence-electron chi connectivity index (χ4n) is 4.47. The van der Waals surface area contributed by atoms with Crippen LogP contribution in [0.1, 0.15) is 36.0 Å². The number of hydrogen-bond donors (Lipinski definition) is 2. The Morgan fingerprint density at radius 1 is 0.974 bits per heavy atom. The lowest BCUT2D eigenvalue weighted by Gasteiger charge is -2.27. The minimum absolute atomic E-state index is 0.107. The zero-order valence-electron chi connectivity index (χ0n) is 21.2. The van der Waals surface area contributed by atoms with Gasteiger partial charge in [0.05, 0.1) is 41.1 Å². The number of benzene rings is 3. The second kappa shape index (κ2) is 14.2. The molecular weight excluding hydrogens is 589 g/mol. The van der Waals surface area contributed by atoms with Gasteiger partial charge in [0.1, 0.15) is 6.61 Å². The van der Waals surface area contributed by atoms with Crippen LogP contribution in [-0.4, -0.2) is 37.2 Å². The fourth-order valence-corrected chi connectivity index (χ4v) is 5.51. The standard InChI is InChI=1S/C29H32BrCl2N3O3/c30-23-16-20(15-22(28(23)33)18-35-11-4-1-5-12-35)19-37-13-14-38-27(36)17-21-7-2-3-10-26(21)34-29-24(31)8-6-9-25(29)32/h2-3,6-10,15-16,34H,1,4-5,11-14,17-19,33H2. The van der Waals surface area contributed by atoms with E-state index in [9.17, 15) is 4.79 Å². The number of nitrogens with two attached hydrogens (primary N) is 1. The number of hydrogen-bond acceptors (Lipinski definition) is 6. The van der Waals surface area contributed by atoms with Gasteiger partial charge < -0.3 is 20.5 Å². The zero-order chi connectivity index (χ0) is 26.9. The summed E-state index contributed by atoms with van der Waals surface area (Å²) in [6.07, 6.45) is 3.88. The monoisotopic (exact) mass is 619 g/mol. The first-order chi connectivity index (χ1) is 18.4. The number of carbonyl (C=O) groups excluding carboxylic acids is 1. The van der Waals surface area contributed by atoms with Crippen LogP contribution in [0.2, 0.25) is 10.0 Å². The molecule has 0 aromatic heterocycles. The van der Waals surface area contributed by atoms with Gasteiger partial charge in [-0.25, -0.2) is 0 Å². The zero-order valence-corrected chi connectivity index (χ0v) is 24.2. The highest BCUT2D eigenvalue weighted by atomic mass is 79.9. The first kappa shape index (κ1) is 28.7. The summed E-state index contributed by atoms with van der Waals surface area (Å²) in [5.74, 6) is -0.341. The Hall–Kier alpha value is -2.29. The molecule has 0 bridgehead atoms. The number of rotatable bonds is 11. The molecule has 1 saturated heterocycles. The predicted molar refractivity (Wildman–Crippen MR) is 158 cm³/mol. The van der Waals surface area contributed by atoms with Crippen molar-refractivity contribution in [3.05, 3.63) is 85.8 Å². The number of halogens is 3. The molecule has 0 aliphatic carbocycles. The minimum atomic E-state index is -0.341. The smallest absolute Gasteiger partial charge is 0.310 e. The van der Waals surface area contributed by atoms with Crippen LogP contribution in [0.3, 0.4) is 0 Å². The first-order valence-electron chi connectivity index (χ1n) is 12.7. The number of nitrogen functional groups attached to an aromatic ring is 1. The van der Waals surface area contributed by atoms with Crippen LogP contribution in [0.5, 0.6) is 0 Å². The molecule has 3 aromatic rings. The molecule has 1 aliphatic heterocycles. The van der Waals surface area contributed by atoms with Gasteiger partial charge >= 0.3 is 5.97 Å². The predicted octanol–water partition coefficient (Wildman–Crippen LogP) is 7.37. The van der Waals surface area contributed by atoms with Gasteiger partial charge in [0.25, 0.3) is 0 Å². The van der Waals surface area contributed by atoms with Gasteiger partial charge in [-0.1, -0.05) is 60.0 Å². The second-order valence-electron chi connectivity index (χ2n) is 9.32. The molecular formula is C29H32BrCl2N3O3. The molecule has 0 saturated carbocycles. The van der Waals surface area contributed by atoms with Crippen molar-refractivity contribution >= 4 is 62.2 Å². The number of nitrogens with zero attached hydrogens (tertiary/aromatic N) is 1. The molecule has 4 rings (SSSR count). The van der Waals surface area contributed by atoms with Crippen molar-refractivity contribution in [1.82, 2.24) is 4.90 Å². The van der Waals surface area contributed by atoms with E-state index in [4.69, 9.17) is 38.4 Å². The number of likely N-dealkylation sites (tertiary alicyclic amines) is 1. The molecule has 3 N–H and O–H groups in total. The van der Waals surface area contributed by atoms with Crippen molar-refractivity contribution in [2.24, 2.45) is 0 Å². The number of anilines is 3. The van der Waals surface area contributed by atoms with Crippen LogP contribution in [0.15, 0.2) is 59.1 Å². The van der Waals surface area contributed by atoms with Crippen molar-refractivity contribution in [3.63, 3.8) is 0 Å². The largest absolute Gasteiger partial charge is 0.463 e. The highest BCUT2D eigenvalue weighted by Gasteiger charge is 2.15. The van der Waals surface area contributed by atoms with E-state index in [1.807, 2.05) is 30.3 Å². The third kappa shape index (κ3) is 8.10. The third-order valence-electron chi connectivity index (χ3n) is 6.45. The SMILES string of the molecule is Nc1c(Br)cc(COCCOC(=O)Cc2ccccc2Nc2c(Cl)cccc2Cl)cc1CN1CCCCC1. The highest BCUT2D eigenvalue weighted by molar-refractivity contribution is 9.10. The first-order valence-corrected chi connectivity index (χ1v) is 14.3. The Balaban J connectivity index is 1.25. The summed E-state index contributed by atoms with van der Waals surface area (Å²) in [6, 6.07) is 16.9. The summed E-state index contributed by atoms with van der Waals surface area (Å²) >= 11 is 16.2. The maximum atomic E-state index is 12.5. The average molecular weight is 621 g/mol. The summed E-state index contributed by atoms with van der Waals surface area (Å²) < 4.78 is 12.1. The van der Waals surface area contributed by atoms with Gasteiger partial charge in [-0.3, -0.25) is 9.69 Å². The number of para-hydroxylation sites is 2. The molecule has 0 unspecified atom stereocenters. The van der Waals surface area contributed by atoms with Gasteiger partial charge in [0.2, 0.25) is 0 Å². The lowest BCUT2D eigenvalue weighted by atomic mass is 10.1. The van der Waals surface area contributed by atoms with Crippen LogP contribution >= 0.6 is 39.1 Å². The van der Waals surface area contributed by atoms with Gasteiger partial charge in [0.15, 0.2) is 0 Å². The molecule has 38 heavy (non-hydrogen) atoms. The van der Waals surface area contributed by atoms with Crippen LogP contribution in [0.25, 0.3) is 0 Å². The van der Waals surface area contributed by atoms with Crippen molar-refractivity contribution < 1.29 is 14.3 Å². The van der Waals surface area contributed by atoms with E-state index < -0.39 is 0 Å². The lowest BCUT2D eigenvalue weighted by Crippen LogP contribution is -2.29. The average Bonchev–Trinajstić information content (AvgIpc) is 2.90. The van der Waals surface area contributed by atoms with Crippen LogP contribution in [-0.2, 0) is 33.8 Å². The van der Waals surface area contributed by atoms with Gasteiger partial charge in [0, 0.05) is 16.7 Å². The van der Waals surface area contributed by atoms with Crippen molar-refractivity contribution in [2.75, 3.05) is 37.4 Å². The molecule has 202 valence electrons. The second-order valence-corrected chi connectivity index (χ2v) is 11.0. The van der Waals surface area contributed by atoms with Gasteiger partial charge in [-0.2, -0.15) is 0 Å². The Morgan fingerprint density at radius 3 is 2.47 bits per heavy atom. The molecule has 0 radical (unpaired) electrons. The fraction of sp³-hybridized carbons (Fsp3) is 0.345. The van der Waals surface area contributed by atoms with Crippen LogP contribution < -0.4 is 11.1 Å². The summed E-state index contributed by atoms with van der Waals surface area (Å²) in [5, 5.41) is 4.23. The van der Waals surface area contributed by atoms with E-state index in [2.05, 4.69) is 32.2 Å². The Morgan fingerprint density at radius 2 is 1.71 bits per heavy atom. The maximum Gasteiger partial charge on any atom is 0.310 e. The molecule has 1 heterocycles. The molecule has 1 aliphatic rings. The van der Waals surface area contributed by atoms with Gasteiger partial charge in [-0.15, -0.1) is 0 Å². The van der Waals surface area contributed by atoms with E-state index in [1.54, 1.807) is 18.2 Å². The van der Waals surface area contributed by atoms with Gasteiger partial charge in [-0.05, 0) is 82.8 Å². The summed E-state index contributed by atoms with van der Waals surface area (Å²) in [7, 11) is 0. The molecule has 0 amide bonds. The Kier molecular flexibility index (Phi) is 10.7. The normalized spacial score (nSPS) is 13.9. The lowest BCUT2D eigenvalue weighted by molar-refractivity contribution is -0.144. The topological polar surface area (TPSA) is 76.8 Å². The van der Waals surface area contributed by atoms with E-state index in [-0.39, 0.29) is 19.0 Å². The Bertz CT molecular complexity index is 1230. The minimum Gasteiger partial charge on any atom is -0.463 e. The molecule has 9 heteroatoms. The summed E-state index contributed by atoms with van der Waals surface area (Å²) in [5.41, 5.74) is 11.4. The maximum absolute atomic E-state index is 12.5. The number of esters is 1. The molecule has 6 nitrogen and oxygen atoms in total. The van der Waals surface area contributed by atoms with Crippen molar-refractivity contribution in [2.45, 2.75) is 38.8 Å². The number of carbonyl (C=O) groups is 1. The quantitative estimate of drug-likeness (QED) is 0.132. The van der Waals surface area contributed by atoms with Crippen LogP contribution in [0, 0.1) is 0 Å².